The summed E-state index contributed by atoms with van der Waals surface area (Å²) >= 11 is 5.56. The molecule has 0 amide bonds. The second kappa shape index (κ2) is 3.46. The molecule has 3 nitrogen and oxygen atoms in total. The van der Waals surface area contributed by atoms with Crippen LogP contribution in [0.5, 0.6) is 5.75 Å². The first kappa shape index (κ1) is 9.56. The average Bonchev–Trinajstić information content (AvgIpc) is 2.08. The summed E-state index contributed by atoms with van der Waals surface area (Å²) in [6, 6.07) is 4.30. The quantitative estimate of drug-likeness (QED) is 0.699. The van der Waals surface area contributed by atoms with E-state index in [1.54, 1.807) is 0 Å². The lowest BCUT2D eigenvalue weighted by Gasteiger charge is -2.01. The van der Waals surface area contributed by atoms with E-state index < -0.39 is 0 Å². The zero-order valence-corrected chi connectivity index (χ0v) is 7.59. The Morgan fingerprint density at radius 2 is 2.23 bits per heavy atom. The Morgan fingerprint density at radius 3 is 2.69 bits per heavy atom. The Hall–Kier alpha value is -1.53. The highest BCUT2D eigenvalue weighted by Crippen LogP contribution is 2.26. The molecule has 0 aliphatic heterocycles. The summed E-state index contributed by atoms with van der Waals surface area (Å²) in [4.78, 5) is 11.0. The highest BCUT2D eigenvalue weighted by atomic mass is 35.5. The minimum atomic E-state index is -0.275. The lowest BCUT2D eigenvalue weighted by molar-refractivity contribution is 0.101. The minimum absolute atomic E-state index is 0.0709. The van der Waals surface area contributed by atoms with Gasteiger partial charge in [0, 0.05) is 5.56 Å². The first-order valence-corrected chi connectivity index (χ1v) is 3.87. The van der Waals surface area contributed by atoms with Gasteiger partial charge >= 0.3 is 0 Å². The molecule has 0 heterocycles. The van der Waals surface area contributed by atoms with Crippen LogP contribution in [0.1, 0.15) is 22.8 Å². The second-order valence-electron chi connectivity index (χ2n) is 2.52. The molecule has 1 rings (SSSR count). The van der Waals surface area contributed by atoms with Crippen LogP contribution in [0.4, 0.5) is 0 Å². The molecule has 1 aromatic rings. The molecule has 0 saturated carbocycles. The van der Waals surface area contributed by atoms with E-state index in [9.17, 15) is 9.90 Å². The lowest BCUT2D eigenvalue weighted by Crippen LogP contribution is -1.96. The molecule has 0 saturated heterocycles. The van der Waals surface area contributed by atoms with E-state index >= 15 is 0 Å². The molecule has 66 valence electrons. The Morgan fingerprint density at radius 1 is 1.62 bits per heavy atom. The van der Waals surface area contributed by atoms with E-state index in [1.807, 2.05) is 6.07 Å². The van der Waals surface area contributed by atoms with Gasteiger partial charge in [0.05, 0.1) is 16.7 Å². The zero-order valence-electron chi connectivity index (χ0n) is 6.84. The monoisotopic (exact) mass is 195 g/mol. The van der Waals surface area contributed by atoms with Crippen molar-refractivity contribution in [2.45, 2.75) is 6.92 Å². The third-order valence-corrected chi connectivity index (χ3v) is 1.89. The number of phenols is 1. The third-order valence-electron chi connectivity index (χ3n) is 1.59. The van der Waals surface area contributed by atoms with E-state index in [1.165, 1.54) is 19.1 Å². The van der Waals surface area contributed by atoms with Gasteiger partial charge in [-0.3, -0.25) is 4.79 Å². The number of ketones is 1. The number of halogens is 1. The lowest BCUT2D eigenvalue weighted by atomic mass is 10.1. The van der Waals surface area contributed by atoms with E-state index in [4.69, 9.17) is 16.9 Å². The molecule has 0 aliphatic carbocycles. The fraction of sp³-hybridized carbons (Fsp3) is 0.111. The van der Waals surface area contributed by atoms with Crippen LogP contribution in [0.3, 0.4) is 0 Å². The van der Waals surface area contributed by atoms with Crippen LogP contribution in [0.2, 0.25) is 5.02 Å². The van der Waals surface area contributed by atoms with Gasteiger partial charge in [-0.05, 0) is 19.1 Å². The highest BCUT2D eigenvalue weighted by Gasteiger charge is 2.10. The second-order valence-corrected chi connectivity index (χ2v) is 2.92. The van der Waals surface area contributed by atoms with Crippen LogP contribution < -0.4 is 0 Å². The zero-order chi connectivity index (χ0) is 10.0. The topological polar surface area (TPSA) is 61.1 Å². The number of nitriles is 1. The van der Waals surface area contributed by atoms with Crippen molar-refractivity contribution in [1.82, 2.24) is 0 Å². The minimum Gasteiger partial charge on any atom is -0.506 e. The number of hydrogen-bond acceptors (Lipinski definition) is 3. The summed E-state index contributed by atoms with van der Waals surface area (Å²) in [7, 11) is 0. The molecular formula is C9H6ClNO2. The molecule has 0 fully saturated rings. The van der Waals surface area contributed by atoms with Crippen molar-refractivity contribution in [2.75, 3.05) is 0 Å². The highest BCUT2D eigenvalue weighted by molar-refractivity contribution is 6.32. The molecule has 0 bridgehead atoms. The molecular weight excluding hydrogens is 190 g/mol. The summed E-state index contributed by atoms with van der Waals surface area (Å²) in [5.41, 5.74) is 0.361. The van der Waals surface area contributed by atoms with E-state index in [-0.39, 0.29) is 27.7 Å². The summed E-state index contributed by atoms with van der Waals surface area (Å²) < 4.78 is 0. The van der Waals surface area contributed by atoms with Gasteiger partial charge in [-0.25, -0.2) is 0 Å². The van der Waals surface area contributed by atoms with E-state index in [0.717, 1.165) is 0 Å². The van der Waals surface area contributed by atoms with Gasteiger partial charge in [-0.1, -0.05) is 11.6 Å². The maximum absolute atomic E-state index is 11.0. The Balaban J connectivity index is 3.44. The Labute approximate surface area is 80.2 Å². The molecule has 0 atom stereocenters. The van der Waals surface area contributed by atoms with Gasteiger partial charge in [-0.15, -0.1) is 0 Å². The van der Waals surface area contributed by atoms with Crippen molar-refractivity contribution in [3.63, 3.8) is 0 Å². The molecule has 0 spiro atoms. The summed E-state index contributed by atoms with van der Waals surface area (Å²) in [6.07, 6.45) is 0. The van der Waals surface area contributed by atoms with Crippen LogP contribution in [0.25, 0.3) is 0 Å². The normalized spacial score (nSPS) is 9.31. The van der Waals surface area contributed by atoms with Crippen molar-refractivity contribution in [3.05, 3.63) is 28.3 Å². The van der Waals surface area contributed by atoms with Gasteiger partial charge < -0.3 is 5.11 Å². The van der Waals surface area contributed by atoms with Gasteiger partial charge in [0.15, 0.2) is 5.78 Å². The molecule has 4 heteroatoms. The van der Waals surface area contributed by atoms with E-state index in [0.29, 0.717) is 0 Å². The SMILES string of the molecule is CC(=O)c1cc(O)c(Cl)cc1C#N. The van der Waals surface area contributed by atoms with Gasteiger partial charge in [0.2, 0.25) is 0 Å². The fourth-order valence-corrected chi connectivity index (χ4v) is 1.11. The summed E-state index contributed by atoms with van der Waals surface area (Å²) in [6.45, 7) is 1.32. The molecule has 1 aromatic carbocycles. The molecule has 0 radical (unpaired) electrons. The summed E-state index contributed by atoms with van der Waals surface area (Å²) in [5, 5.41) is 17.9. The maximum Gasteiger partial charge on any atom is 0.161 e. The Kier molecular flexibility index (Phi) is 2.54. The third kappa shape index (κ3) is 1.79. The van der Waals surface area contributed by atoms with Gasteiger partial charge in [0.1, 0.15) is 5.75 Å². The van der Waals surface area contributed by atoms with Crippen molar-refractivity contribution in [1.29, 1.82) is 5.26 Å². The van der Waals surface area contributed by atoms with Crippen LogP contribution in [-0.2, 0) is 0 Å². The number of nitrogens with zero attached hydrogens (tertiary/aromatic N) is 1. The largest absolute Gasteiger partial charge is 0.506 e. The Bertz CT molecular complexity index is 407. The van der Waals surface area contributed by atoms with E-state index in [2.05, 4.69) is 0 Å². The molecule has 1 N–H and O–H groups in total. The number of hydrogen-bond donors (Lipinski definition) is 1. The predicted molar refractivity (Wildman–Crippen MR) is 47.8 cm³/mol. The van der Waals surface area contributed by atoms with Crippen molar-refractivity contribution < 1.29 is 9.90 Å². The average molecular weight is 196 g/mol. The number of carbonyl (C=O) groups is 1. The maximum atomic E-state index is 11.0. The molecule has 0 unspecified atom stereocenters. The van der Waals surface area contributed by atoms with Crippen LogP contribution in [0, 0.1) is 11.3 Å². The van der Waals surface area contributed by atoms with Crippen molar-refractivity contribution in [2.24, 2.45) is 0 Å². The molecule has 13 heavy (non-hydrogen) atoms. The van der Waals surface area contributed by atoms with Crippen molar-refractivity contribution >= 4 is 17.4 Å². The standard InChI is InChI=1S/C9H6ClNO2/c1-5(12)7-3-9(13)8(10)2-6(7)4-11/h2-3,13H,1H3. The summed E-state index contributed by atoms with van der Waals surface area (Å²) in [5.74, 6) is -0.464. The number of aromatic hydroxyl groups is 1. The predicted octanol–water partition coefficient (Wildman–Crippen LogP) is 2.12. The number of rotatable bonds is 1. The first-order valence-electron chi connectivity index (χ1n) is 3.50. The van der Waals surface area contributed by atoms with Crippen LogP contribution in [0.15, 0.2) is 12.1 Å². The van der Waals surface area contributed by atoms with Crippen LogP contribution in [-0.4, -0.2) is 10.9 Å². The molecule has 0 aromatic heterocycles. The number of Topliss-reactive ketones (excluding diaryl/α,β-unsaturated/α-hetero) is 1. The number of phenolic OH excluding ortho intramolecular Hbond substituents is 1. The number of benzene rings is 1. The van der Waals surface area contributed by atoms with Crippen LogP contribution >= 0.6 is 11.6 Å². The number of carbonyl (C=O) groups excluding carboxylic acids is 1. The molecule has 0 aliphatic rings. The smallest absolute Gasteiger partial charge is 0.161 e. The van der Waals surface area contributed by atoms with Gasteiger partial charge in [-0.2, -0.15) is 5.26 Å². The fourth-order valence-electron chi connectivity index (χ4n) is 0.946. The van der Waals surface area contributed by atoms with Crippen molar-refractivity contribution in [3.8, 4) is 11.8 Å². The van der Waals surface area contributed by atoms with Gasteiger partial charge in [0.25, 0.3) is 0 Å². The first-order chi connectivity index (χ1) is 6.06.